The predicted molar refractivity (Wildman–Crippen MR) is 86.4 cm³/mol. The van der Waals surface area contributed by atoms with Gasteiger partial charge in [-0.05, 0) is 20.8 Å². The monoisotopic (exact) mass is 336 g/mol. The van der Waals surface area contributed by atoms with Crippen LogP contribution in [-0.2, 0) is 9.53 Å². The van der Waals surface area contributed by atoms with Crippen LogP contribution in [-0.4, -0.2) is 46.7 Å². The Balaban J connectivity index is 1.62. The Morgan fingerprint density at radius 3 is 2.96 bits per heavy atom. The Hall–Kier alpha value is -1.77. The van der Waals surface area contributed by atoms with E-state index in [-0.39, 0.29) is 18.1 Å². The number of aryl methyl sites for hydroxylation is 2. The highest BCUT2D eigenvalue weighted by molar-refractivity contribution is 7.09. The summed E-state index contributed by atoms with van der Waals surface area (Å²) in [6.07, 6.45) is -0.0785. The summed E-state index contributed by atoms with van der Waals surface area (Å²) in [6.45, 7) is 7.61. The number of carbonyl (C=O) groups is 1. The Bertz CT molecular complexity index is 684. The van der Waals surface area contributed by atoms with E-state index in [4.69, 9.17) is 9.26 Å². The molecule has 0 radical (unpaired) electrons. The van der Waals surface area contributed by atoms with E-state index >= 15 is 0 Å². The second-order valence-electron chi connectivity index (χ2n) is 5.68. The topological polar surface area (TPSA) is 80.5 Å². The molecule has 1 aliphatic heterocycles. The van der Waals surface area contributed by atoms with Crippen molar-refractivity contribution in [3.8, 4) is 0 Å². The molecule has 0 spiro atoms. The van der Waals surface area contributed by atoms with Gasteiger partial charge in [0.05, 0.1) is 18.3 Å². The first kappa shape index (κ1) is 16.1. The maximum Gasteiger partial charge on any atom is 0.243 e. The molecular formula is C15H20N4O3S. The van der Waals surface area contributed by atoms with Gasteiger partial charge in [-0.25, -0.2) is 4.98 Å². The lowest BCUT2D eigenvalue weighted by molar-refractivity contribution is -0.124. The third-order valence-electron chi connectivity index (χ3n) is 3.81. The summed E-state index contributed by atoms with van der Waals surface area (Å²) in [5.41, 5.74) is 1.73. The number of nitrogens with zero attached hydrogens (tertiary/aromatic N) is 3. The summed E-state index contributed by atoms with van der Waals surface area (Å²) < 4.78 is 10.8. The minimum absolute atomic E-state index is 0.0785. The molecule has 0 aromatic carbocycles. The highest BCUT2D eigenvalue weighted by Gasteiger charge is 2.30. The number of hydrogen-bond acceptors (Lipinski definition) is 7. The van der Waals surface area contributed by atoms with Gasteiger partial charge in [0.2, 0.25) is 11.8 Å². The van der Waals surface area contributed by atoms with Crippen LogP contribution in [0.2, 0.25) is 0 Å². The minimum atomic E-state index is -0.284. The van der Waals surface area contributed by atoms with Crippen LogP contribution in [0.1, 0.15) is 29.4 Å². The van der Waals surface area contributed by atoms with Gasteiger partial charge in [-0.15, -0.1) is 11.3 Å². The fraction of sp³-hybridized carbons (Fsp3) is 0.533. The van der Waals surface area contributed by atoms with E-state index in [9.17, 15) is 4.79 Å². The number of aromatic nitrogens is 2. The summed E-state index contributed by atoms with van der Waals surface area (Å²) in [6, 6.07) is 1.42. The Morgan fingerprint density at radius 1 is 1.48 bits per heavy atom. The normalized spacial score (nSPS) is 20.4. The van der Waals surface area contributed by atoms with Crippen LogP contribution < -0.4 is 5.32 Å². The van der Waals surface area contributed by atoms with Crippen molar-refractivity contribution < 1.29 is 14.1 Å². The number of thiazole rings is 1. The molecule has 0 aliphatic carbocycles. The van der Waals surface area contributed by atoms with Gasteiger partial charge in [0.1, 0.15) is 11.1 Å². The quantitative estimate of drug-likeness (QED) is 0.921. The first-order chi connectivity index (χ1) is 11.0. The van der Waals surface area contributed by atoms with E-state index in [1.54, 1.807) is 17.4 Å². The first-order valence-electron chi connectivity index (χ1n) is 7.55. The molecule has 1 fully saturated rings. The van der Waals surface area contributed by atoms with Crippen molar-refractivity contribution in [1.82, 2.24) is 15.0 Å². The van der Waals surface area contributed by atoms with E-state index in [0.29, 0.717) is 25.6 Å². The van der Waals surface area contributed by atoms with Gasteiger partial charge < -0.3 is 9.26 Å². The van der Waals surface area contributed by atoms with E-state index < -0.39 is 0 Å². The number of nitrogens with one attached hydrogen (secondary N) is 1. The number of anilines is 1. The number of ether oxygens (including phenoxy) is 1. The largest absolute Gasteiger partial charge is 0.368 e. The van der Waals surface area contributed by atoms with Gasteiger partial charge in [-0.2, -0.15) is 0 Å². The molecule has 7 nitrogen and oxygen atoms in total. The molecule has 1 saturated heterocycles. The average molecular weight is 336 g/mol. The molecule has 1 amide bonds. The molecule has 2 aromatic heterocycles. The molecule has 0 saturated carbocycles. The maximum atomic E-state index is 12.4. The highest BCUT2D eigenvalue weighted by atomic mass is 32.1. The number of rotatable bonds is 4. The molecule has 2 aromatic rings. The molecule has 1 aliphatic rings. The fourth-order valence-corrected chi connectivity index (χ4v) is 3.34. The van der Waals surface area contributed by atoms with Crippen LogP contribution in [0.5, 0.6) is 0 Å². The lowest BCUT2D eigenvalue weighted by Gasteiger charge is -2.35. The maximum absolute atomic E-state index is 12.4. The summed E-state index contributed by atoms with van der Waals surface area (Å²) in [4.78, 5) is 19.0. The van der Waals surface area contributed by atoms with Crippen molar-refractivity contribution in [2.75, 3.05) is 25.0 Å². The zero-order valence-corrected chi connectivity index (χ0v) is 14.2. The van der Waals surface area contributed by atoms with E-state index in [2.05, 4.69) is 20.4 Å². The third-order valence-corrected chi connectivity index (χ3v) is 4.87. The smallest absolute Gasteiger partial charge is 0.243 e. The van der Waals surface area contributed by atoms with E-state index in [1.807, 2.05) is 26.2 Å². The second kappa shape index (κ2) is 6.77. The molecule has 8 heteroatoms. The third kappa shape index (κ3) is 3.77. The van der Waals surface area contributed by atoms with Crippen LogP contribution in [0, 0.1) is 13.8 Å². The van der Waals surface area contributed by atoms with E-state index in [1.165, 1.54) is 0 Å². The lowest BCUT2D eigenvalue weighted by Crippen LogP contribution is -2.48. The van der Waals surface area contributed by atoms with E-state index in [0.717, 1.165) is 16.4 Å². The number of morpholine rings is 1. The number of carbonyl (C=O) groups excluding carboxylic acids is 1. The standard InChI is InChI=1S/C15H20N4O3S/c1-9-6-13(22-18-9)17-14(20)11(3)19-4-5-21-12(7-19)15-16-10(2)8-23-15/h6,8,11-12H,4-5,7H2,1-3H3,(H,17,20)/t11-,12-/m0/s1. The average Bonchev–Trinajstić information content (AvgIpc) is 3.15. The molecule has 3 heterocycles. The molecule has 124 valence electrons. The lowest BCUT2D eigenvalue weighted by atomic mass is 10.2. The van der Waals surface area contributed by atoms with Gasteiger partial charge in [-0.1, -0.05) is 5.16 Å². The minimum Gasteiger partial charge on any atom is -0.368 e. The Morgan fingerprint density at radius 2 is 2.30 bits per heavy atom. The van der Waals surface area contributed by atoms with Gasteiger partial charge in [0.25, 0.3) is 0 Å². The van der Waals surface area contributed by atoms with Crippen molar-refractivity contribution >= 4 is 23.1 Å². The van der Waals surface area contributed by atoms with Crippen molar-refractivity contribution in [2.45, 2.75) is 32.9 Å². The summed E-state index contributed by atoms with van der Waals surface area (Å²) in [5.74, 6) is 0.261. The molecule has 0 unspecified atom stereocenters. The van der Waals surface area contributed by atoms with Crippen LogP contribution in [0.3, 0.4) is 0 Å². The second-order valence-corrected chi connectivity index (χ2v) is 6.57. The number of amides is 1. The molecule has 2 atom stereocenters. The molecular weight excluding hydrogens is 316 g/mol. The zero-order chi connectivity index (χ0) is 16.4. The molecule has 3 rings (SSSR count). The Labute approximate surface area is 138 Å². The van der Waals surface area contributed by atoms with Crippen LogP contribution in [0.4, 0.5) is 5.88 Å². The van der Waals surface area contributed by atoms with Gasteiger partial charge in [-0.3, -0.25) is 15.0 Å². The van der Waals surface area contributed by atoms with Crippen LogP contribution in [0.15, 0.2) is 16.0 Å². The molecule has 23 heavy (non-hydrogen) atoms. The van der Waals surface area contributed by atoms with Crippen LogP contribution >= 0.6 is 11.3 Å². The fourth-order valence-electron chi connectivity index (χ4n) is 2.50. The van der Waals surface area contributed by atoms with Crippen molar-refractivity contribution in [2.24, 2.45) is 0 Å². The predicted octanol–water partition coefficient (Wildman–Crippen LogP) is 2.15. The van der Waals surface area contributed by atoms with Gasteiger partial charge in [0, 0.05) is 30.2 Å². The first-order valence-corrected chi connectivity index (χ1v) is 8.43. The molecule has 1 N–H and O–H groups in total. The highest BCUT2D eigenvalue weighted by Crippen LogP contribution is 2.26. The summed E-state index contributed by atoms with van der Waals surface area (Å²) in [7, 11) is 0. The van der Waals surface area contributed by atoms with Crippen molar-refractivity contribution in [1.29, 1.82) is 0 Å². The van der Waals surface area contributed by atoms with Gasteiger partial charge in [0.15, 0.2) is 0 Å². The van der Waals surface area contributed by atoms with Gasteiger partial charge >= 0.3 is 0 Å². The summed E-state index contributed by atoms with van der Waals surface area (Å²) >= 11 is 1.60. The zero-order valence-electron chi connectivity index (χ0n) is 13.4. The Kier molecular flexibility index (Phi) is 4.74. The summed E-state index contributed by atoms with van der Waals surface area (Å²) in [5, 5.41) is 9.50. The van der Waals surface area contributed by atoms with Crippen molar-refractivity contribution in [3.63, 3.8) is 0 Å². The molecule has 0 bridgehead atoms. The van der Waals surface area contributed by atoms with Crippen LogP contribution in [0.25, 0.3) is 0 Å². The van der Waals surface area contributed by atoms with Crippen molar-refractivity contribution in [3.05, 3.63) is 27.8 Å². The SMILES string of the molecule is Cc1cc(NC(=O)[C@H](C)N2CCO[C@H](c3nc(C)cs3)C2)on1. The number of hydrogen-bond donors (Lipinski definition) is 1.